The predicted octanol–water partition coefficient (Wildman–Crippen LogP) is 3.09. The SMILES string of the molecule is NCC1CN(c2ccc(-c3ccc(Cc4c[nH]cn4)cc3)c(F)c2)C(=O)O1. The Hall–Kier alpha value is -3.19. The number of carbonyl (C=O) groups is 1. The Balaban J connectivity index is 1.53. The van der Waals surface area contributed by atoms with Crippen LogP contribution >= 0.6 is 0 Å². The van der Waals surface area contributed by atoms with Crippen LogP contribution in [0.25, 0.3) is 11.1 Å². The molecule has 0 aliphatic carbocycles. The fraction of sp³-hybridized carbons (Fsp3) is 0.200. The molecular weight excluding hydrogens is 347 g/mol. The molecule has 0 radical (unpaired) electrons. The highest BCUT2D eigenvalue weighted by atomic mass is 19.1. The van der Waals surface area contributed by atoms with E-state index < -0.39 is 11.9 Å². The first-order chi connectivity index (χ1) is 13.1. The van der Waals surface area contributed by atoms with E-state index in [2.05, 4.69) is 9.97 Å². The summed E-state index contributed by atoms with van der Waals surface area (Å²) in [4.78, 5) is 20.4. The second-order valence-corrected chi connectivity index (χ2v) is 6.45. The smallest absolute Gasteiger partial charge is 0.414 e. The molecule has 3 aromatic rings. The van der Waals surface area contributed by atoms with E-state index in [4.69, 9.17) is 10.5 Å². The monoisotopic (exact) mass is 366 g/mol. The highest BCUT2D eigenvalue weighted by molar-refractivity contribution is 5.90. The van der Waals surface area contributed by atoms with Crippen molar-refractivity contribution in [2.75, 3.05) is 18.0 Å². The normalized spacial score (nSPS) is 16.6. The zero-order chi connectivity index (χ0) is 18.8. The quantitative estimate of drug-likeness (QED) is 0.727. The molecule has 3 N–H and O–H groups in total. The topological polar surface area (TPSA) is 84.2 Å². The molecule has 7 heteroatoms. The number of carbonyl (C=O) groups excluding carboxylic acids is 1. The molecule has 1 aromatic heterocycles. The van der Waals surface area contributed by atoms with Gasteiger partial charge in [-0.05, 0) is 29.3 Å². The van der Waals surface area contributed by atoms with Crippen LogP contribution in [0.1, 0.15) is 11.3 Å². The van der Waals surface area contributed by atoms with Crippen molar-refractivity contribution in [3.63, 3.8) is 0 Å². The van der Waals surface area contributed by atoms with Gasteiger partial charge in [-0.1, -0.05) is 24.3 Å². The Kier molecular flexibility index (Phi) is 4.60. The highest BCUT2D eigenvalue weighted by Crippen LogP contribution is 2.29. The van der Waals surface area contributed by atoms with Crippen molar-refractivity contribution < 1.29 is 13.9 Å². The third kappa shape index (κ3) is 3.54. The molecule has 1 unspecified atom stereocenters. The number of rotatable bonds is 5. The van der Waals surface area contributed by atoms with E-state index in [9.17, 15) is 9.18 Å². The maximum absolute atomic E-state index is 14.7. The summed E-state index contributed by atoms with van der Waals surface area (Å²) in [5.41, 5.74) is 9.30. The molecule has 27 heavy (non-hydrogen) atoms. The van der Waals surface area contributed by atoms with Crippen molar-refractivity contribution in [1.82, 2.24) is 9.97 Å². The second kappa shape index (κ2) is 7.20. The molecule has 1 aliphatic heterocycles. The number of hydrogen-bond acceptors (Lipinski definition) is 4. The van der Waals surface area contributed by atoms with Crippen molar-refractivity contribution >= 4 is 11.8 Å². The van der Waals surface area contributed by atoms with Crippen LogP contribution in [0.2, 0.25) is 0 Å². The van der Waals surface area contributed by atoms with Crippen LogP contribution in [-0.4, -0.2) is 35.3 Å². The van der Waals surface area contributed by atoms with Crippen LogP contribution in [-0.2, 0) is 11.2 Å². The number of nitrogens with zero attached hydrogens (tertiary/aromatic N) is 2. The van der Waals surface area contributed by atoms with Gasteiger partial charge in [0.15, 0.2) is 0 Å². The number of cyclic esters (lactones) is 1. The number of aromatic amines is 1. The summed E-state index contributed by atoms with van der Waals surface area (Å²) in [6.07, 6.45) is 3.35. The fourth-order valence-corrected chi connectivity index (χ4v) is 3.16. The molecule has 0 saturated carbocycles. The Bertz CT molecular complexity index is 941. The van der Waals surface area contributed by atoms with Gasteiger partial charge in [0, 0.05) is 24.7 Å². The lowest BCUT2D eigenvalue weighted by atomic mass is 10.0. The second-order valence-electron chi connectivity index (χ2n) is 6.45. The highest BCUT2D eigenvalue weighted by Gasteiger charge is 2.31. The average molecular weight is 366 g/mol. The summed E-state index contributed by atoms with van der Waals surface area (Å²) in [7, 11) is 0. The Morgan fingerprint density at radius 1 is 1.26 bits per heavy atom. The summed E-state index contributed by atoms with van der Waals surface area (Å²) in [6, 6.07) is 12.4. The van der Waals surface area contributed by atoms with Crippen LogP contribution in [0.15, 0.2) is 55.0 Å². The maximum atomic E-state index is 14.7. The molecule has 1 atom stereocenters. The van der Waals surface area contributed by atoms with E-state index in [1.807, 2.05) is 30.5 Å². The van der Waals surface area contributed by atoms with Gasteiger partial charge < -0.3 is 15.5 Å². The first-order valence-electron chi connectivity index (χ1n) is 8.69. The lowest BCUT2D eigenvalue weighted by Gasteiger charge is -2.14. The van der Waals surface area contributed by atoms with Gasteiger partial charge in [-0.15, -0.1) is 0 Å². The Labute approximate surface area is 155 Å². The molecule has 1 amide bonds. The number of halogens is 1. The lowest BCUT2D eigenvalue weighted by molar-refractivity contribution is 0.145. The van der Waals surface area contributed by atoms with Gasteiger partial charge in [-0.25, -0.2) is 14.2 Å². The summed E-state index contributed by atoms with van der Waals surface area (Å²) in [5, 5.41) is 0. The minimum Gasteiger partial charge on any atom is -0.443 e. The third-order valence-electron chi connectivity index (χ3n) is 4.61. The fourth-order valence-electron chi connectivity index (χ4n) is 3.16. The number of hydrogen-bond donors (Lipinski definition) is 2. The number of amides is 1. The van der Waals surface area contributed by atoms with E-state index in [1.54, 1.807) is 18.5 Å². The van der Waals surface area contributed by atoms with Crippen molar-refractivity contribution in [3.8, 4) is 11.1 Å². The Morgan fingerprint density at radius 3 is 2.70 bits per heavy atom. The molecular formula is C20H19FN4O2. The molecule has 0 bridgehead atoms. The summed E-state index contributed by atoms with van der Waals surface area (Å²) < 4.78 is 19.8. The number of benzene rings is 2. The molecule has 6 nitrogen and oxygen atoms in total. The zero-order valence-electron chi connectivity index (χ0n) is 14.6. The van der Waals surface area contributed by atoms with Gasteiger partial charge in [-0.3, -0.25) is 4.90 Å². The molecule has 1 fully saturated rings. The van der Waals surface area contributed by atoms with E-state index in [-0.39, 0.29) is 12.6 Å². The minimum absolute atomic E-state index is 0.243. The van der Waals surface area contributed by atoms with Gasteiger partial charge in [0.1, 0.15) is 11.9 Å². The third-order valence-corrected chi connectivity index (χ3v) is 4.61. The first-order valence-corrected chi connectivity index (χ1v) is 8.69. The van der Waals surface area contributed by atoms with E-state index >= 15 is 0 Å². The molecule has 138 valence electrons. The van der Waals surface area contributed by atoms with Gasteiger partial charge in [-0.2, -0.15) is 0 Å². The molecule has 1 saturated heterocycles. The van der Waals surface area contributed by atoms with E-state index in [0.717, 1.165) is 16.8 Å². The van der Waals surface area contributed by atoms with E-state index in [0.29, 0.717) is 24.2 Å². The standard InChI is InChI=1S/C20H19FN4O2/c21-19-8-16(25-11-17(9-22)27-20(25)26)5-6-18(19)14-3-1-13(2-4-14)7-15-10-23-12-24-15/h1-6,8,10,12,17H,7,9,11,22H2,(H,23,24). The average Bonchev–Trinajstić information content (AvgIpc) is 3.32. The van der Waals surface area contributed by atoms with Crippen LogP contribution in [0, 0.1) is 5.82 Å². The predicted molar refractivity (Wildman–Crippen MR) is 99.9 cm³/mol. The molecule has 1 aliphatic rings. The number of nitrogens with two attached hydrogens (primary N) is 1. The number of H-pyrrole nitrogens is 1. The summed E-state index contributed by atoms with van der Waals surface area (Å²) in [6.45, 7) is 0.573. The van der Waals surface area contributed by atoms with Crippen molar-refractivity contribution in [2.24, 2.45) is 5.73 Å². The lowest BCUT2D eigenvalue weighted by Crippen LogP contribution is -2.27. The van der Waals surface area contributed by atoms with Gasteiger partial charge >= 0.3 is 6.09 Å². The number of aromatic nitrogens is 2. The largest absolute Gasteiger partial charge is 0.443 e. The number of imidazole rings is 1. The van der Waals surface area contributed by atoms with Crippen LogP contribution in [0.5, 0.6) is 0 Å². The molecule has 0 spiro atoms. The Morgan fingerprint density at radius 2 is 2.07 bits per heavy atom. The van der Waals surface area contributed by atoms with Crippen molar-refractivity contribution in [3.05, 3.63) is 72.1 Å². The number of nitrogens with one attached hydrogen (secondary N) is 1. The van der Waals surface area contributed by atoms with Crippen molar-refractivity contribution in [1.29, 1.82) is 0 Å². The summed E-state index contributed by atoms with van der Waals surface area (Å²) in [5.74, 6) is -0.392. The van der Waals surface area contributed by atoms with Crippen LogP contribution in [0.3, 0.4) is 0 Å². The number of anilines is 1. The number of ether oxygens (including phenoxy) is 1. The molecule has 2 aromatic carbocycles. The van der Waals surface area contributed by atoms with Crippen LogP contribution < -0.4 is 10.6 Å². The molecule has 2 heterocycles. The zero-order valence-corrected chi connectivity index (χ0v) is 14.6. The summed E-state index contributed by atoms with van der Waals surface area (Å²) >= 11 is 0. The molecule has 4 rings (SSSR count). The van der Waals surface area contributed by atoms with Gasteiger partial charge in [0.05, 0.1) is 24.3 Å². The van der Waals surface area contributed by atoms with Crippen LogP contribution in [0.4, 0.5) is 14.9 Å². The van der Waals surface area contributed by atoms with Crippen molar-refractivity contribution in [2.45, 2.75) is 12.5 Å². The van der Waals surface area contributed by atoms with Gasteiger partial charge in [0.2, 0.25) is 0 Å². The minimum atomic E-state index is -0.500. The van der Waals surface area contributed by atoms with E-state index in [1.165, 1.54) is 11.0 Å². The maximum Gasteiger partial charge on any atom is 0.414 e. The van der Waals surface area contributed by atoms with Gasteiger partial charge in [0.25, 0.3) is 0 Å². The first kappa shape index (κ1) is 17.2.